The molecule has 0 nitrogen and oxygen atoms in total. The van der Waals surface area contributed by atoms with Crippen LogP contribution in [0.5, 0.6) is 0 Å². The molecule has 0 aliphatic heterocycles. The van der Waals surface area contributed by atoms with E-state index in [1.165, 1.54) is 29.6 Å². The van der Waals surface area contributed by atoms with Crippen molar-refractivity contribution in [2.75, 3.05) is 0 Å². The summed E-state index contributed by atoms with van der Waals surface area (Å²) in [7, 11) is 0. The first kappa shape index (κ1) is 17.3. The summed E-state index contributed by atoms with van der Waals surface area (Å²) in [5, 5.41) is 0. The second kappa shape index (κ2) is 9.84. The zero-order valence-corrected chi connectivity index (χ0v) is 14.4. The third-order valence-corrected chi connectivity index (χ3v) is 3.85. The second-order valence-electron chi connectivity index (χ2n) is 5.96. The largest absolute Gasteiger partial charge is 0.0839 e. The maximum absolute atomic E-state index is 2.39. The lowest BCUT2D eigenvalue weighted by Gasteiger charge is -2.22. The fraction of sp³-hybridized carbons (Fsp3) is 0.304. The van der Waals surface area contributed by atoms with Gasteiger partial charge in [0.05, 0.1) is 0 Å². The van der Waals surface area contributed by atoms with E-state index in [-0.39, 0.29) is 0 Å². The van der Waals surface area contributed by atoms with Gasteiger partial charge in [-0.25, -0.2) is 0 Å². The van der Waals surface area contributed by atoms with Crippen LogP contribution in [0, 0.1) is 0 Å². The van der Waals surface area contributed by atoms with Crippen LogP contribution in [-0.2, 0) is 0 Å². The van der Waals surface area contributed by atoms with Gasteiger partial charge in [-0.2, -0.15) is 0 Å². The summed E-state index contributed by atoms with van der Waals surface area (Å²) < 4.78 is 0. The molecule has 0 heterocycles. The minimum Gasteiger partial charge on any atom is -0.0839 e. The molecule has 0 radical (unpaired) electrons. The molecule has 0 N–H and O–H groups in total. The Hall–Kier alpha value is -2.08. The molecule has 0 saturated heterocycles. The third kappa shape index (κ3) is 5.25. The molecule has 0 fully saturated rings. The Kier molecular flexibility index (Phi) is 7.39. The Morgan fingerprint density at radius 1 is 0.826 bits per heavy atom. The zero-order chi connectivity index (χ0) is 16.3. The molecule has 0 spiro atoms. The van der Waals surface area contributed by atoms with Gasteiger partial charge < -0.3 is 0 Å². The summed E-state index contributed by atoms with van der Waals surface area (Å²) in [5.74, 6) is 0.365. The van der Waals surface area contributed by atoms with Crippen molar-refractivity contribution in [3.05, 3.63) is 95.6 Å². The third-order valence-electron chi connectivity index (χ3n) is 3.85. The van der Waals surface area contributed by atoms with Gasteiger partial charge >= 0.3 is 0 Å². The molecular formula is C23H28. The summed E-state index contributed by atoms with van der Waals surface area (Å²) in [5.41, 5.74) is 4.21. The molecule has 2 aliphatic carbocycles. The molecule has 3 rings (SSSR count). The van der Waals surface area contributed by atoms with Gasteiger partial charge in [0.25, 0.3) is 0 Å². The van der Waals surface area contributed by atoms with E-state index in [1.807, 2.05) is 0 Å². The molecule has 2 aliphatic rings. The van der Waals surface area contributed by atoms with Crippen molar-refractivity contribution in [2.24, 2.45) is 0 Å². The fourth-order valence-corrected chi connectivity index (χ4v) is 2.88. The molecule has 1 unspecified atom stereocenters. The summed E-state index contributed by atoms with van der Waals surface area (Å²) in [4.78, 5) is 0. The van der Waals surface area contributed by atoms with Crippen molar-refractivity contribution in [3.8, 4) is 0 Å². The van der Waals surface area contributed by atoms with Gasteiger partial charge in [0.1, 0.15) is 0 Å². The molecule has 0 amide bonds. The van der Waals surface area contributed by atoms with E-state index in [4.69, 9.17) is 0 Å². The molecule has 1 aromatic rings. The molecule has 0 heteroatoms. The normalized spacial score (nSPS) is 17.5. The zero-order valence-electron chi connectivity index (χ0n) is 14.4. The van der Waals surface area contributed by atoms with Gasteiger partial charge in [0.2, 0.25) is 0 Å². The van der Waals surface area contributed by atoms with Crippen LogP contribution in [0.1, 0.15) is 51.0 Å². The SMILES string of the molecule is C1=CCC=C(C(C2=CCCC=C2)c2ccccc2)C=C1.CCC. The van der Waals surface area contributed by atoms with Gasteiger partial charge in [-0.3, -0.25) is 0 Å². The van der Waals surface area contributed by atoms with Gasteiger partial charge in [0, 0.05) is 5.92 Å². The van der Waals surface area contributed by atoms with Crippen LogP contribution in [0.3, 0.4) is 0 Å². The number of hydrogen-bond acceptors (Lipinski definition) is 0. The average Bonchev–Trinajstić information content (AvgIpc) is 2.87. The Balaban J connectivity index is 0.000000595. The quantitative estimate of drug-likeness (QED) is 0.569. The minimum atomic E-state index is 0.365. The maximum atomic E-state index is 2.39. The predicted molar refractivity (Wildman–Crippen MR) is 103 cm³/mol. The fourth-order valence-electron chi connectivity index (χ4n) is 2.88. The van der Waals surface area contributed by atoms with Crippen molar-refractivity contribution < 1.29 is 0 Å². The van der Waals surface area contributed by atoms with Crippen LogP contribution in [0.2, 0.25) is 0 Å². The molecule has 1 atom stereocenters. The second-order valence-corrected chi connectivity index (χ2v) is 5.96. The molecule has 120 valence electrons. The van der Waals surface area contributed by atoms with Crippen molar-refractivity contribution in [1.82, 2.24) is 0 Å². The smallest absolute Gasteiger partial charge is 0.0333 e. The first-order valence-electron chi connectivity index (χ1n) is 8.81. The van der Waals surface area contributed by atoms with Crippen molar-refractivity contribution in [2.45, 2.75) is 45.4 Å². The van der Waals surface area contributed by atoms with E-state index >= 15 is 0 Å². The monoisotopic (exact) mass is 304 g/mol. The highest BCUT2D eigenvalue weighted by molar-refractivity contribution is 5.48. The first-order chi connectivity index (χ1) is 11.4. The Morgan fingerprint density at radius 3 is 2.26 bits per heavy atom. The minimum absolute atomic E-state index is 0.365. The summed E-state index contributed by atoms with van der Waals surface area (Å²) in [6.07, 6.45) is 22.7. The van der Waals surface area contributed by atoms with Crippen LogP contribution in [0.4, 0.5) is 0 Å². The highest BCUT2D eigenvalue weighted by atomic mass is 14.2. The molecule has 23 heavy (non-hydrogen) atoms. The number of hydrogen-bond donors (Lipinski definition) is 0. The van der Waals surface area contributed by atoms with Crippen molar-refractivity contribution in [3.63, 3.8) is 0 Å². The summed E-state index contributed by atoms with van der Waals surface area (Å²) in [6.45, 7) is 4.25. The number of allylic oxidation sites excluding steroid dienone is 10. The van der Waals surface area contributed by atoms with E-state index < -0.39 is 0 Å². The lowest BCUT2D eigenvalue weighted by atomic mass is 9.82. The average molecular weight is 304 g/mol. The lowest BCUT2D eigenvalue weighted by Crippen LogP contribution is -2.05. The van der Waals surface area contributed by atoms with Crippen molar-refractivity contribution in [1.29, 1.82) is 0 Å². The Labute approximate surface area is 141 Å². The van der Waals surface area contributed by atoms with Gasteiger partial charge in [0.15, 0.2) is 0 Å². The van der Waals surface area contributed by atoms with Crippen LogP contribution in [-0.4, -0.2) is 0 Å². The van der Waals surface area contributed by atoms with Gasteiger partial charge in [-0.1, -0.05) is 99.2 Å². The van der Waals surface area contributed by atoms with Crippen LogP contribution < -0.4 is 0 Å². The van der Waals surface area contributed by atoms with Gasteiger partial charge in [-0.15, -0.1) is 0 Å². The highest BCUT2D eigenvalue weighted by Crippen LogP contribution is 2.35. The first-order valence-corrected chi connectivity index (χ1v) is 8.81. The van der Waals surface area contributed by atoms with Crippen LogP contribution in [0.15, 0.2) is 90.1 Å². The lowest BCUT2D eigenvalue weighted by molar-refractivity contribution is 0.916. The Morgan fingerprint density at radius 2 is 1.57 bits per heavy atom. The van der Waals surface area contributed by atoms with Crippen molar-refractivity contribution >= 4 is 0 Å². The molecular weight excluding hydrogens is 276 g/mol. The topological polar surface area (TPSA) is 0 Å². The van der Waals surface area contributed by atoms with Crippen LogP contribution in [0.25, 0.3) is 0 Å². The molecule has 0 saturated carbocycles. The number of benzene rings is 1. The Bertz CT molecular complexity index is 609. The predicted octanol–water partition coefficient (Wildman–Crippen LogP) is 6.91. The van der Waals surface area contributed by atoms with Gasteiger partial charge in [-0.05, 0) is 36.0 Å². The van der Waals surface area contributed by atoms with E-state index in [0.717, 1.165) is 12.8 Å². The maximum Gasteiger partial charge on any atom is 0.0333 e. The van der Waals surface area contributed by atoms with E-state index in [1.54, 1.807) is 0 Å². The highest BCUT2D eigenvalue weighted by Gasteiger charge is 2.19. The standard InChI is InChI=1S/C20H20.C3H8/c1-2-6-12-17(11-5-1)20(18-13-7-3-8-14-18)19-15-9-4-10-16-19;1-3-2/h1-3,5,7-9,11-16,20H,4,6,10H2;3H2,1-2H3. The van der Waals surface area contributed by atoms with E-state index in [2.05, 4.69) is 92.8 Å². The van der Waals surface area contributed by atoms with E-state index in [0.29, 0.717) is 5.92 Å². The number of rotatable bonds is 3. The van der Waals surface area contributed by atoms with E-state index in [9.17, 15) is 0 Å². The van der Waals surface area contributed by atoms with Crippen LogP contribution >= 0.6 is 0 Å². The molecule has 0 bridgehead atoms. The molecule has 0 aromatic heterocycles. The summed E-state index contributed by atoms with van der Waals surface area (Å²) in [6, 6.07) is 10.8. The summed E-state index contributed by atoms with van der Waals surface area (Å²) >= 11 is 0. The molecule has 1 aromatic carbocycles.